The summed E-state index contributed by atoms with van der Waals surface area (Å²) in [5.74, 6) is 0.462. The maximum Gasteiger partial charge on any atom is 0.113 e. The van der Waals surface area contributed by atoms with Crippen molar-refractivity contribution in [3.05, 3.63) is 52.5 Å². The van der Waals surface area contributed by atoms with E-state index in [0.717, 1.165) is 21.2 Å². The van der Waals surface area contributed by atoms with Crippen LogP contribution in [0.3, 0.4) is 0 Å². The number of hydrogen-bond donors (Lipinski definition) is 0. The predicted molar refractivity (Wildman–Crippen MR) is 80.7 cm³/mol. The van der Waals surface area contributed by atoms with Crippen LogP contribution >= 0.6 is 15.9 Å². The van der Waals surface area contributed by atoms with Crippen molar-refractivity contribution in [1.82, 2.24) is 15.0 Å². The topological polar surface area (TPSA) is 30.7 Å². The van der Waals surface area contributed by atoms with Gasteiger partial charge in [0.05, 0.1) is 11.2 Å². The highest BCUT2D eigenvalue weighted by Crippen LogP contribution is 2.27. The van der Waals surface area contributed by atoms with Crippen molar-refractivity contribution >= 4 is 27.0 Å². The minimum Gasteiger partial charge on any atom is -0.213 e. The van der Waals surface area contributed by atoms with Gasteiger partial charge in [0, 0.05) is 4.47 Å². The van der Waals surface area contributed by atoms with Gasteiger partial charge in [-0.25, -0.2) is 4.68 Å². The molecule has 0 amide bonds. The van der Waals surface area contributed by atoms with Crippen molar-refractivity contribution in [2.24, 2.45) is 0 Å². The van der Waals surface area contributed by atoms with Crippen molar-refractivity contribution in [1.29, 1.82) is 0 Å². The second kappa shape index (κ2) is 4.78. The van der Waals surface area contributed by atoms with Crippen molar-refractivity contribution in [3.8, 4) is 5.69 Å². The van der Waals surface area contributed by atoms with E-state index in [1.807, 2.05) is 28.9 Å². The molecule has 0 atom stereocenters. The van der Waals surface area contributed by atoms with Gasteiger partial charge in [-0.05, 0) is 41.8 Å². The van der Waals surface area contributed by atoms with Crippen molar-refractivity contribution in [2.75, 3.05) is 0 Å². The number of benzene rings is 2. The number of fused-ring (bicyclic) bond motifs is 1. The van der Waals surface area contributed by atoms with Crippen LogP contribution in [-0.2, 0) is 0 Å². The zero-order chi connectivity index (χ0) is 13.4. The molecule has 3 nitrogen and oxygen atoms in total. The van der Waals surface area contributed by atoms with E-state index in [2.05, 4.69) is 58.3 Å². The molecule has 2 aromatic carbocycles. The van der Waals surface area contributed by atoms with Gasteiger partial charge in [-0.2, -0.15) is 0 Å². The summed E-state index contributed by atoms with van der Waals surface area (Å²) in [4.78, 5) is 0. The Morgan fingerprint density at radius 1 is 1.11 bits per heavy atom. The lowest BCUT2D eigenvalue weighted by Gasteiger charge is -2.11. The van der Waals surface area contributed by atoms with Crippen LogP contribution < -0.4 is 0 Å². The maximum absolute atomic E-state index is 4.25. The fourth-order valence-electron chi connectivity index (χ4n) is 2.16. The third-order valence-corrected chi connectivity index (χ3v) is 3.92. The minimum atomic E-state index is 0.462. The molecule has 0 aliphatic rings. The monoisotopic (exact) mass is 315 g/mol. The molecule has 0 bridgehead atoms. The van der Waals surface area contributed by atoms with Crippen LogP contribution in [0.25, 0.3) is 16.7 Å². The van der Waals surface area contributed by atoms with Crippen LogP contribution in [0.2, 0.25) is 0 Å². The van der Waals surface area contributed by atoms with Gasteiger partial charge >= 0.3 is 0 Å². The first kappa shape index (κ1) is 12.4. The van der Waals surface area contributed by atoms with E-state index >= 15 is 0 Å². The van der Waals surface area contributed by atoms with Gasteiger partial charge in [0.1, 0.15) is 5.52 Å². The summed E-state index contributed by atoms with van der Waals surface area (Å²) in [6.45, 7) is 4.37. The Balaban J connectivity index is 2.19. The van der Waals surface area contributed by atoms with Gasteiger partial charge in [-0.15, -0.1) is 5.10 Å². The third kappa shape index (κ3) is 2.16. The molecule has 0 saturated carbocycles. The summed E-state index contributed by atoms with van der Waals surface area (Å²) in [5.41, 5.74) is 4.26. The highest BCUT2D eigenvalue weighted by molar-refractivity contribution is 9.10. The second-order valence-electron chi connectivity index (χ2n) is 4.85. The highest BCUT2D eigenvalue weighted by Gasteiger charge is 2.10. The molecule has 3 rings (SSSR count). The van der Waals surface area contributed by atoms with Crippen LogP contribution in [0.1, 0.15) is 25.3 Å². The summed E-state index contributed by atoms with van der Waals surface area (Å²) in [6.07, 6.45) is 0. The number of halogens is 1. The van der Waals surface area contributed by atoms with Gasteiger partial charge in [-0.1, -0.05) is 47.1 Å². The molecule has 0 aliphatic heterocycles. The van der Waals surface area contributed by atoms with Crippen LogP contribution in [0.4, 0.5) is 0 Å². The molecule has 0 fully saturated rings. The zero-order valence-corrected chi connectivity index (χ0v) is 12.4. The van der Waals surface area contributed by atoms with E-state index in [1.54, 1.807) is 0 Å². The van der Waals surface area contributed by atoms with Gasteiger partial charge in [0.25, 0.3) is 0 Å². The standard InChI is InChI=1S/C15H14BrN3/c1-10(2)12-9-11(7-8-13(12)16)19-15-6-4-3-5-14(15)17-18-19/h3-10H,1-2H3. The molecular weight excluding hydrogens is 302 g/mol. The molecule has 0 saturated heterocycles. The Morgan fingerprint density at radius 3 is 2.68 bits per heavy atom. The Hall–Kier alpha value is -1.68. The van der Waals surface area contributed by atoms with E-state index < -0.39 is 0 Å². The Kier molecular flexibility index (Phi) is 3.11. The summed E-state index contributed by atoms with van der Waals surface area (Å²) < 4.78 is 3.02. The average Bonchev–Trinajstić information content (AvgIpc) is 2.83. The third-order valence-electron chi connectivity index (χ3n) is 3.20. The molecule has 0 spiro atoms. The van der Waals surface area contributed by atoms with E-state index in [1.165, 1.54) is 5.56 Å². The first-order valence-electron chi connectivity index (χ1n) is 6.27. The molecule has 0 aliphatic carbocycles. The molecule has 19 heavy (non-hydrogen) atoms. The molecule has 1 aromatic heterocycles. The Morgan fingerprint density at radius 2 is 1.89 bits per heavy atom. The minimum absolute atomic E-state index is 0.462. The summed E-state index contributed by atoms with van der Waals surface area (Å²) in [5, 5.41) is 8.44. The van der Waals surface area contributed by atoms with Gasteiger partial charge in [-0.3, -0.25) is 0 Å². The molecule has 1 heterocycles. The molecule has 4 heteroatoms. The molecular formula is C15H14BrN3. The van der Waals surface area contributed by atoms with Crippen molar-refractivity contribution in [3.63, 3.8) is 0 Å². The van der Waals surface area contributed by atoms with E-state index in [0.29, 0.717) is 5.92 Å². The molecule has 0 unspecified atom stereocenters. The lowest BCUT2D eigenvalue weighted by molar-refractivity contribution is 0.811. The normalized spacial score (nSPS) is 11.4. The summed E-state index contributed by atoms with van der Waals surface area (Å²) in [7, 11) is 0. The highest BCUT2D eigenvalue weighted by atomic mass is 79.9. The number of hydrogen-bond acceptors (Lipinski definition) is 2. The van der Waals surface area contributed by atoms with Gasteiger partial charge < -0.3 is 0 Å². The first-order valence-corrected chi connectivity index (χ1v) is 7.06. The predicted octanol–water partition coefficient (Wildman–Crippen LogP) is 4.31. The average molecular weight is 316 g/mol. The Labute approximate surface area is 120 Å². The first-order chi connectivity index (χ1) is 9.16. The van der Waals surface area contributed by atoms with E-state index in [4.69, 9.17) is 0 Å². The van der Waals surface area contributed by atoms with E-state index in [-0.39, 0.29) is 0 Å². The van der Waals surface area contributed by atoms with Crippen LogP contribution in [0.15, 0.2) is 46.9 Å². The van der Waals surface area contributed by atoms with Crippen molar-refractivity contribution in [2.45, 2.75) is 19.8 Å². The van der Waals surface area contributed by atoms with Crippen LogP contribution in [0.5, 0.6) is 0 Å². The lowest BCUT2D eigenvalue weighted by atomic mass is 10.0. The molecule has 0 radical (unpaired) electrons. The number of nitrogens with zero attached hydrogens (tertiary/aromatic N) is 3. The second-order valence-corrected chi connectivity index (χ2v) is 5.70. The summed E-state index contributed by atoms with van der Waals surface area (Å²) >= 11 is 3.60. The zero-order valence-electron chi connectivity index (χ0n) is 10.8. The van der Waals surface area contributed by atoms with Crippen molar-refractivity contribution < 1.29 is 0 Å². The van der Waals surface area contributed by atoms with Crippen LogP contribution in [-0.4, -0.2) is 15.0 Å². The van der Waals surface area contributed by atoms with E-state index in [9.17, 15) is 0 Å². The maximum atomic E-state index is 4.25. The number of para-hydroxylation sites is 1. The van der Waals surface area contributed by atoms with Gasteiger partial charge in [0.2, 0.25) is 0 Å². The summed E-state index contributed by atoms with van der Waals surface area (Å²) in [6, 6.07) is 14.3. The fraction of sp³-hybridized carbons (Fsp3) is 0.200. The Bertz CT molecular complexity index is 731. The quantitative estimate of drug-likeness (QED) is 0.705. The van der Waals surface area contributed by atoms with Crippen LogP contribution in [0, 0.1) is 0 Å². The number of rotatable bonds is 2. The molecule has 3 aromatic rings. The molecule has 0 N–H and O–H groups in total. The lowest BCUT2D eigenvalue weighted by Crippen LogP contribution is -1.99. The fourth-order valence-corrected chi connectivity index (χ4v) is 2.87. The molecule has 96 valence electrons. The van der Waals surface area contributed by atoms with Gasteiger partial charge in [0.15, 0.2) is 0 Å². The SMILES string of the molecule is CC(C)c1cc(-n2nnc3ccccc32)ccc1Br. The largest absolute Gasteiger partial charge is 0.213 e. The smallest absolute Gasteiger partial charge is 0.113 e. The number of aromatic nitrogens is 3.